The fourth-order valence-corrected chi connectivity index (χ4v) is 3.86. The van der Waals surface area contributed by atoms with Crippen molar-refractivity contribution in [1.29, 1.82) is 0 Å². The largest absolute Gasteiger partial charge is 0.372 e. The topological polar surface area (TPSA) is 53.9 Å². The molecular weight excluding hydrogens is 294 g/mol. The number of piperidine rings is 1. The van der Waals surface area contributed by atoms with E-state index in [1.54, 1.807) is 11.3 Å². The van der Waals surface area contributed by atoms with E-state index in [0.29, 0.717) is 5.92 Å². The van der Waals surface area contributed by atoms with Gasteiger partial charge in [-0.25, -0.2) is 4.98 Å². The van der Waals surface area contributed by atoms with Gasteiger partial charge in [-0.3, -0.25) is 4.90 Å². The molecule has 0 radical (unpaired) electrons. The molecule has 1 aliphatic heterocycles. The lowest BCUT2D eigenvalue weighted by atomic mass is 9.93. The smallest absolute Gasteiger partial charge is 0.148 e. The van der Waals surface area contributed by atoms with Crippen molar-refractivity contribution in [3.8, 4) is 0 Å². The van der Waals surface area contributed by atoms with Gasteiger partial charge in [-0.2, -0.15) is 5.10 Å². The van der Waals surface area contributed by atoms with Gasteiger partial charge in [0, 0.05) is 25.0 Å². The summed E-state index contributed by atoms with van der Waals surface area (Å²) < 4.78 is 0. The molecule has 0 unspecified atom stereocenters. The SMILES string of the molecule is CNc1ccc(C[C@@H]2CCCN(Cc3scnc3C)C2)nn1. The van der Waals surface area contributed by atoms with Gasteiger partial charge < -0.3 is 5.32 Å². The maximum Gasteiger partial charge on any atom is 0.148 e. The van der Waals surface area contributed by atoms with E-state index in [0.717, 1.165) is 31.0 Å². The number of anilines is 1. The van der Waals surface area contributed by atoms with Crippen LogP contribution in [0.5, 0.6) is 0 Å². The summed E-state index contributed by atoms with van der Waals surface area (Å²) in [4.78, 5) is 8.31. The Labute approximate surface area is 135 Å². The van der Waals surface area contributed by atoms with E-state index in [9.17, 15) is 0 Å². The van der Waals surface area contributed by atoms with Crippen LogP contribution in [0.4, 0.5) is 5.82 Å². The summed E-state index contributed by atoms with van der Waals surface area (Å²) in [5, 5.41) is 11.5. The van der Waals surface area contributed by atoms with Crippen LogP contribution in [-0.4, -0.2) is 40.2 Å². The lowest BCUT2D eigenvalue weighted by molar-refractivity contribution is 0.167. The Kier molecular flexibility index (Phi) is 5.00. The number of hydrogen-bond acceptors (Lipinski definition) is 6. The van der Waals surface area contributed by atoms with Crippen LogP contribution in [0.1, 0.15) is 29.1 Å². The van der Waals surface area contributed by atoms with Gasteiger partial charge in [0.05, 0.1) is 16.9 Å². The summed E-state index contributed by atoms with van der Waals surface area (Å²) in [7, 11) is 1.87. The van der Waals surface area contributed by atoms with Crippen LogP contribution >= 0.6 is 11.3 Å². The van der Waals surface area contributed by atoms with Crippen LogP contribution in [0, 0.1) is 12.8 Å². The second-order valence-corrected chi connectivity index (χ2v) is 6.91. The highest BCUT2D eigenvalue weighted by Gasteiger charge is 2.21. The molecule has 3 heterocycles. The molecule has 0 aromatic carbocycles. The van der Waals surface area contributed by atoms with Crippen LogP contribution in [-0.2, 0) is 13.0 Å². The van der Waals surface area contributed by atoms with Crippen molar-refractivity contribution in [2.24, 2.45) is 5.92 Å². The molecule has 6 heteroatoms. The van der Waals surface area contributed by atoms with E-state index in [2.05, 4.69) is 38.4 Å². The highest BCUT2D eigenvalue weighted by atomic mass is 32.1. The minimum Gasteiger partial charge on any atom is -0.372 e. The molecule has 0 amide bonds. The Balaban J connectivity index is 1.57. The van der Waals surface area contributed by atoms with Crippen molar-refractivity contribution in [3.05, 3.63) is 33.9 Å². The van der Waals surface area contributed by atoms with Gasteiger partial charge in [-0.15, -0.1) is 16.4 Å². The standard InChI is InChI=1S/C16H23N5S/c1-12-15(22-11-18-12)10-21-7-3-4-13(9-21)8-14-5-6-16(17-2)20-19-14/h5-6,11,13H,3-4,7-10H2,1-2H3,(H,17,20)/t13-/m0/s1. The van der Waals surface area contributed by atoms with E-state index in [4.69, 9.17) is 0 Å². The Bertz CT molecular complexity index is 595. The second-order valence-electron chi connectivity index (χ2n) is 5.97. The van der Waals surface area contributed by atoms with Gasteiger partial charge in [0.15, 0.2) is 0 Å². The van der Waals surface area contributed by atoms with Crippen LogP contribution < -0.4 is 5.32 Å². The number of aromatic nitrogens is 3. The molecule has 0 saturated carbocycles. The van der Waals surface area contributed by atoms with Crippen molar-refractivity contribution >= 4 is 17.2 Å². The summed E-state index contributed by atoms with van der Waals surface area (Å²) in [6.45, 7) is 5.48. The van der Waals surface area contributed by atoms with Gasteiger partial charge >= 0.3 is 0 Å². The predicted molar refractivity (Wildman–Crippen MR) is 90.1 cm³/mol. The van der Waals surface area contributed by atoms with Crippen LogP contribution in [0.25, 0.3) is 0 Å². The van der Waals surface area contributed by atoms with Crippen LogP contribution in [0.3, 0.4) is 0 Å². The Morgan fingerprint density at radius 3 is 2.95 bits per heavy atom. The number of hydrogen-bond donors (Lipinski definition) is 1. The third-order valence-corrected chi connectivity index (χ3v) is 5.21. The van der Waals surface area contributed by atoms with Gasteiger partial charge in [0.2, 0.25) is 0 Å². The number of aryl methyl sites for hydroxylation is 1. The van der Waals surface area contributed by atoms with Crippen molar-refractivity contribution in [1.82, 2.24) is 20.1 Å². The van der Waals surface area contributed by atoms with E-state index in [-0.39, 0.29) is 0 Å². The molecule has 1 saturated heterocycles. The van der Waals surface area contributed by atoms with E-state index in [1.807, 2.05) is 18.6 Å². The van der Waals surface area contributed by atoms with Crippen LogP contribution in [0.15, 0.2) is 17.6 Å². The molecule has 1 N–H and O–H groups in total. The summed E-state index contributed by atoms with van der Waals surface area (Å²) in [5.74, 6) is 1.51. The fourth-order valence-electron chi connectivity index (χ4n) is 3.04. The first-order valence-electron chi connectivity index (χ1n) is 7.86. The summed E-state index contributed by atoms with van der Waals surface area (Å²) >= 11 is 1.77. The highest BCUT2D eigenvalue weighted by molar-refractivity contribution is 7.09. The van der Waals surface area contributed by atoms with Crippen molar-refractivity contribution in [2.75, 3.05) is 25.5 Å². The molecule has 2 aromatic rings. The quantitative estimate of drug-likeness (QED) is 0.919. The first-order chi connectivity index (χ1) is 10.7. The lowest BCUT2D eigenvalue weighted by Crippen LogP contribution is -2.35. The summed E-state index contributed by atoms with van der Waals surface area (Å²) in [6, 6.07) is 4.09. The Morgan fingerprint density at radius 1 is 1.36 bits per heavy atom. The maximum absolute atomic E-state index is 4.35. The Hall–Kier alpha value is -1.53. The molecular formula is C16H23N5S. The average Bonchev–Trinajstić information content (AvgIpc) is 2.94. The van der Waals surface area contributed by atoms with Gasteiger partial charge in [-0.05, 0) is 50.8 Å². The molecule has 118 valence electrons. The van der Waals surface area contributed by atoms with Gasteiger partial charge in [0.1, 0.15) is 5.82 Å². The molecule has 1 atom stereocenters. The number of nitrogens with zero attached hydrogens (tertiary/aromatic N) is 4. The molecule has 5 nitrogen and oxygen atoms in total. The van der Waals surface area contributed by atoms with Gasteiger partial charge in [-0.1, -0.05) is 0 Å². The Morgan fingerprint density at radius 2 is 2.27 bits per heavy atom. The van der Waals surface area contributed by atoms with E-state index >= 15 is 0 Å². The van der Waals surface area contributed by atoms with Crippen LogP contribution in [0.2, 0.25) is 0 Å². The minimum atomic E-state index is 0.678. The maximum atomic E-state index is 4.35. The normalized spacial score (nSPS) is 19.3. The first kappa shape index (κ1) is 15.4. The lowest BCUT2D eigenvalue weighted by Gasteiger charge is -2.32. The molecule has 22 heavy (non-hydrogen) atoms. The van der Waals surface area contributed by atoms with Crippen molar-refractivity contribution < 1.29 is 0 Å². The first-order valence-corrected chi connectivity index (χ1v) is 8.74. The average molecular weight is 317 g/mol. The highest BCUT2D eigenvalue weighted by Crippen LogP contribution is 2.23. The molecule has 0 bridgehead atoms. The molecule has 1 fully saturated rings. The summed E-state index contributed by atoms with van der Waals surface area (Å²) in [6.07, 6.45) is 3.58. The van der Waals surface area contributed by atoms with Crippen molar-refractivity contribution in [2.45, 2.75) is 32.7 Å². The number of likely N-dealkylation sites (tertiary alicyclic amines) is 1. The zero-order chi connectivity index (χ0) is 15.4. The zero-order valence-electron chi connectivity index (χ0n) is 13.2. The molecule has 0 aliphatic carbocycles. The predicted octanol–water partition coefficient (Wildman–Crippen LogP) is 2.74. The number of thiazole rings is 1. The number of nitrogens with one attached hydrogen (secondary N) is 1. The molecule has 2 aromatic heterocycles. The monoisotopic (exact) mass is 317 g/mol. The van der Waals surface area contributed by atoms with Gasteiger partial charge in [0.25, 0.3) is 0 Å². The zero-order valence-corrected chi connectivity index (χ0v) is 14.1. The second kappa shape index (κ2) is 7.15. The summed E-state index contributed by atoms with van der Waals surface area (Å²) in [5.41, 5.74) is 4.23. The fraction of sp³-hybridized carbons (Fsp3) is 0.562. The third kappa shape index (κ3) is 3.81. The number of rotatable bonds is 5. The van der Waals surface area contributed by atoms with E-state index in [1.165, 1.54) is 30.0 Å². The van der Waals surface area contributed by atoms with E-state index < -0.39 is 0 Å². The molecule has 0 spiro atoms. The molecule has 3 rings (SSSR count). The minimum absolute atomic E-state index is 0.678. The molecule has 1 aliphatic rings. The van der Waals surface area contributed by atoms with Crippen molar-refractivity contribution in [3.63, 3.8) is 0 Å². The third-order valence-electron chi connectivity index (χ3n) is 4.29.